The van der Waals surface area contributed by atoms with Gasteiger partial charge >= 0.3 is 0 Å². The van der Waals surface area contributed by atoms with Crippen LogP contribution in [0.25, 0.3) is 0 Å². The van der Waals surface area contributed by atoms with Gasteiger partial charge in [-0.2, -0.15) is 0 Å². The van der Waals surface area contributed by atoms with E-state index >= 15 is 0 Å². The van der Waals surface area contributed by atoms with Crippen molar-refractivity contribution in [1.29, 1.82) is 0 Å². The van der Waals surface area contributed by atoms with E-state index in [1.807, 2.05) is 0 Å². The van der Waals surface area contributed by atoms with E-state index in [0.29, 0.717) is 0 Å². The molecule has 13 heteroatoms. The first-order valence-electron chi connectivity index (χ1n) is 3.87. The molecule has 1 aliphatic heterocycles. The zero-order valence-corrected chi connectivity index (χ0v) is 10.3. The van der Waals surface area contributed by atoms with Crippen molar-refractivity contribution in [2.45, 2.75) is 12.2 Å². The predicted molar refractivity (Wildman–Crippen MR) is 47.8 cm³/mol. The summed E-state index contributed by atoms with van der Waals surface area (Å²) in [5, 5.41) is 0. The smallest absolute Gasteiger partial charge is 0.218 e. The second kappa shape index (κ2) is 4.42. The van der Waals surface area contributed by atoms with Crippen molar-refractivity contribution in [3.8, 4) is 0 Å². The molecule has 0 unspecified atom stereocenters. The van der Waals surface area contributed by atoms with E-state index in [4.69, 9.17) is 0 Å². The average molecular weight is 310 g/mol. The first-order chi connectivity index (χ1) is 7.38. The second-order valence-corrected chi connectivity index (χ2v) is 7.33. The van der Waals surface area contributed by atoms with Gasteiger partial charge in [0.2, 0.25) is 20.8 Å². The molecule has 102 valence electrons. The highest BCUT2D eigenvalue weighted by Crippen LogP contribution is 2.21. The van der Waals surface area contributed by atoms with Gasteiger partial charge in [-0.15, -0.1) is 0 Å². The van der Waals surface area contributed by atoms with Crippen LogP contribution < -0.4 is 0 Å². The highest BCUT2D eigenvalue weighted by Gasteiger charge is 2.42. The minimum Gasteiger partial charge on any atom is -0.726 e. The third-order valence-electron chi connectivity index (χ3n) is 1.73. The van der Waals surface area contributed by atoms with Crippen LogP contribution in [0.3, 0.4) is 0 Å². The van der Waals surface area contributed by atoms with Gasteiger partial charge in [0.1, 0.15) is 12.2 Å². The molecule has 0 amide bonds. The van der Waals surface area contributed by atoms with Crippen molar-refractivity contribution >= 4 is 30.6 Å². The second-order valence-electron chi connectivity index (χ2n) is 3.16. The fourth-order valence-electron chi connectivity index (χ4n) is 1.27. The van der Waals surface area contributed by atoms with Crippen LogP contribution in [-0.2, 0) is 39.0 Å². The largest absolute Gasteiger partial charge is 0.726 e. The van der Waals surface area contributed by atoms with E-state index in [1.54, 1.807) is 0 Å². The van der Waals surface area contributed by atoms with Crippen LogP contribution >= 0.6 is 0 Å². The number of sulfone groups is 1. The van der Waals surface area contributed by atoms with Crippen molar-refractivity contribution < 1.29 is 42.7 Å². The van der Waals surface area contributed by atoms with Gasteiger partial charge in [-0.3, -0.25) is 8.37 Å². The van der Waals surface area contributed by atoms with Gasteiger partial charge in [0.05, 0.1) is 11.5 Å². The molecule has 0 aromatic rings. The fourth-order valence-corrected chi connectivity index (χ4v) is 4.13. The number of hydrogen-bond donors (Lipinski definition) is 0. The lowest BCUT2D eigenvalue weighted by atomic mass is 10.3. The number of hydrogen-bond acceptors (Lipinski definition) is 10. The van der Waals surface area contributed by atoms with Crippen molar-refractivity contribution in [1.82, 2.24) is 0 Å². The summed E-state index contributed by atoms with van der Waals surface area (Å²) >= 11 is 0. The molecule has 1 fully saturated rings. The van der Waals surface area contributed by atoms with Gasteiger partial charge < -0.3 is 9.11 Å². The third-order valence-corrected chi connectivity index (χ3v) is 4.37. The molecular formula is C4H6O10S3-2. The Hall–Kier alpha value is -0.310. The maximum atomic E-state index is 11.1. The monoisotopic (exact) mass is 310 g/mol. The van der Waals surface area contributed by atoms with Gasteiger partial charge in [-0.25, -0.2) is 25.3 Å². The number of rotatable bonds is 4. The van der Waals surface area contributed by atoms with Crippen LogP contribution in [0.4, 0.5) is 0 Å². The molecule has 0 aromatic carbocycles. The highest BCUT2D eigenvalue weighted by atomic mass is 32.3. The summed E-state index contributed by atoms with van der Waals surface area (Å²) < 4.78 is 91.3. The summed E-state index contributed by atoms with van der Waals surface area (Å²) in [5.41, 5.74) is 0. The van der Waals surface area contributed by atoms with E-state index in [-0.39, 0.29) is 0 Å². The van der Waals surface area contributed by atoms with Gasteiger partial charge in [0.15, 0.2) is 9.84 Å². The molecule has 0 bridgehead atoms. The van der Waals surface area contributed by atoms with E-state index < -0.39 is 54.3 Å². The Morgan fingerprint density at radius 1 is 0.882 bits per heavy atom. The Labute approximate surface area is 97.4 Å². The lowest BCUT2D eigenvalue weighted by Crippen LogP contribution is -2.33. The van der Waals surface area contributed by atoms with E-state index in [2.05, 4.69) is 8.37 Å². The minimum atomic E-state index is -5.24. The zero-order valence-electron chi connectivity index (χ0n) is 7.88. The zero-order chi connectivity index (χ0) is 13.5. The maximum Gasteiger partial charge on any atom is 0.218 e. The van der Waals surface area contributed by atoms with Crippen LogP contribution in [0.5, 0.6) is 0 Å². The van der Waals surface area contributed by atoms with E-state index in [1.165, 1.54) is 0 Å². The lowest BCUT2D eigenvalue weighted by Gasteiger charge is -2.20. The fraction of sp³-hybridized carbons (Fsp3) is 1.00. The minimum absolute atomic E-state index is 0.922. The Morgan fingerprint density at radius 3 is 1.41 bits per heavy atom. The SMILES string of the molecule is O=S1(=O)C[C@@H](OS(=O)(=O)[O-])[C@H](OS(=O)(=O)[O-])C1. The molecule has 2 atom stereocenters. The first-order valence-corrected chi connectivity index (χ1v) is 8.35. The molecule has 0 N–H and O–H groups in total. The van der Waals surface area contributed by atoms with Crippen LogP contribution in [-0.4, -0.2) is 58.1 Å². The molecule has 0 aliphatic carbocycles. The standard InChI is InChI=1S/C4H8O10S3/c5-15(6)1-3(13-16(7,8)9)4(2-15)14-17(10,11)12/h3-4H,1-2H2,(H,7,8,9)(H,10,11,12)/p-2/t3-,4-/m1/s1. The van der Waals surface area contributed by atoms with Crippen molar-refractivity contribution in [3.63, 3.8) is 0 Å². The Morgan fingerprint density at radius 2 is 1.18 bits per heavy atom. The molecule has 1 aliphatic rings. The molecule has 0 spiro atoms. The molecule has 0 saturated carbocycles. The quantitative estimate of drug-likeness (QED) is 0.388. The average Bonchev–Trinajstić information content (AvgIpc) is 2.17. The van der Waals surface area contributed by atoms with Crippen LogP contribution in [0.2, 0.25) is 0 Å². The summed E-state index contributed by atoms with van der Waals surface area (Å²) in [6, 6.07) is 0. The third kappa shape index (κ3) is 5.24. The highest BCUT2D eigenvalue weighted by molar-refractivity contribution is 7.91. The van der Waals surface area contributed by atoms with Crippen molar-refractivity contribution in [3.05, 3.63) is 0 Å². The normalized spacial score (nSPS) is 29.3. The molecule has 1 rings (SSSR count). The lowest BCUT2D eigenvalue weighted by molar-refractivity contribution is 0.0784. The maximum absolute atomic E-state index is 11.1. The predicted octanol–water partition coefficient (Wildman–Crippen LogP) is -2.89. The van der Waals surface area contributed by atoms with Crippen LogP contribution in [0, 0.1) is 0 Å². The Kier molecular flexibility index (Phi) is 3.83. The van der Waals surface area contributed by atoms with Crippen LogP contribution in [0.15, 0.2) is 0 Å². The van der Waals surface area contributed by atoms with Crippen molar-refractivity contribution in [2.24, 2.45) is 0 Å². The molecule has 10 nitrogen and oxygen atoms in total. The van der Waals surface area contributed by atoms with Gasteiger partial charge in [0.25, 0.3) is 0 Å². The van der Waals surface area contributed by atoms with Gasteiger partial charge in [-0.1, -0.05) is 0 Å². The van der Waals surface area contributed by atoms with Crippen LogP contribution in [0.1, 0.15) is 0 Å². The van der Waals surface area contributed by atoms with E-state index in [0.717, 1.165) is 0 Å². The molecule has 0 aromatic heterocycles. The molecular weight excluding hydrogens is 304 g/mol. The molecule has 17 heavy (non-hydrogen) atoms. The van der Waals surface area contributed by atoms with E-state index in [9.17, 15) is 34.4 Å². The summed E-state index contributed by atoms with van der Waals surface area (Å²) in [7, 11) is -14.3. The van der Waals surface area contributed by atoms with Gasteiger partial charge in [-0.05, 0) is 0 Å². The van der Waals surface area contributed by atoms with Crippen molar-refractivity contribution in [2.75, 3.05) is 11.5 Å². The Bertz CT molecular complexity index is 533. The summed E-state index contributed by atoms with van der Waals surface area (Å²) in [4.78, 5) is 0. The summed E-state index contributed by atoms with van der Waals surface area (Å²) in [5.74, 6) is -1.84. The molecule has 1 heterocycles. The summed E-state index contributed by atoms with van der Waals surface area (Å²) in [6.45, 7) is 0. The summed E-state index contributed by atoms with van der Waals surface area (Å²) in [6.07, 6.45) is -3.68. The molecule has 1 saturated heterocycles. The first kappa shape index (κ1) is 14.7. The topological polar surface area (TPSA) is 167 Å². The van der Waals surface area contributed by atoms with Gasteiger partial charge in [0, 0.05) is 0 Å². The molecule has 0 radical (unpaired) electrons. The Balaban J connectivity index is 2.94.